The normalized spacial score (nSPS) is 2.40. The van der Waals surface area contributed by atoms with Crippen LogP contribution in [0, 0.1) is 0 Å². The molecule has 0 aromatic heterocycles. The topological polar surface area (TPSA) is 234 Å². The van der Waals surface area contributed by atoms with Crippen molar-refractivity contribution in [1.29, 1.82) is 0 Å². The van der Waals surface area contributed by atoms with Gasteiger partial charge in [0, 0.05) is 0 Å². The molecule has 0 saturated carbocycles. The summed E-state index contributed by atoms with van der Waals surface area (Å²) in [5.41, 5.74) is 3.92. The van der Waals surface area contributed by atoms with Crippen molar-refractivity contribution in [3.8, 4) is 0 Å². The molecule has 12 N–H and O–H groups in total. The van der Waals surface area contributed by atoms with Crippen molar-refractivity contribution in [2.24, 2.45) is 5.73 Å². The maximum absolute atomic E-state index is 8.67. The van der Waals surface area contributed by atoms with Crippen molar-refractivity contribution in [2.75, 3.05) is 0 Å². The smallest absolute Gasteiger partial charge is 0.693 e. The van der Waals surface area contributed by atoms with Gasteiger partial charge in [-0.25, -0.2) is 0 Å². The second-order valence-corrected chi connectivity index (χ2v) is 0.319. The van der Waals surface area contributed by atoms with Crippen LogP contribution in [0.25, 0.3) is 30.8 Å². The van der Waals surface area contributed by atoms with Crippen LogP contribution in [0.15, 0.2) is 0 Å². The summed E-state index contributed by atoms with van der Waals surface area (Å²) in [6, 6.07) is 0. The molecular weight excluding hydrogens is 187 g/mol. The van der Waals surface area contributed by atoms with Gasteiger partial charge in [-0.15, -0.1) is 0 Å². The predicted octanol–water partition coefficient (Wildman–Crippen LogP) is 1.87. The van der Waals surface area contributed by atoms with E-state index in [4.69, 9.17) is 9.90 Å². The molecule has 10 heavy (non-hydrogen) atoms. The molecule has 0 aliphatic carbocycles. The van der Waals surface area contributed by atoms with Gasteiger partial charge in [0.1, 0.15) is 6.09 Å². The number of nitrogens with two attached hydrogens (primary N) is 6. The van der Waals surface area contributed by atoms with Gasteiger partial charge in [0.25, 0.3) is 0 Å². The molecule has 0 unspecified atom stereocenters. The predicted molar refractivity (Wildman–Crippen MR) is 36.0 cm³/mol. The molecule has 9 heteroatoms. The van der Waals surface area contributed by atoms with Crippen LogP contribution in [0.4, 0.5) is 4.79 Å². The number of hydrogen-bond acceptors (Lipinski definition) is 2. The zero-order valence-electron chi connectivity index (χ0n) is 5.11. The monoisotopic (exact) mass is 199 g/mol. The molecule has 0 aromatic rings. The average molecular weight is 199 g/mol. The minimum absolute atomic E-state index is 0. The molecule has 0 atom stereocenters. The Morgan fingerprint density at radius 2 is 1.00 bits per heavy atom. The van der Waals surface area contributed by atoms with E-state index >= 15 is 0 Å². The summed E-state index contributed by atoms with van der Waals surface area (Å²) in [6.45, 7) is 0. The second kappa shape index (κ2) is 74.2. The first-order chi connectivity index (χ1) is 1.73. The van der Waals surface area contributed by atoms with Crippen molar-refractivity contribution in [1.82, 2.24) is 0 Å². The molecule has 0 spiro atoms. The summed E-state index contributed by atoms with van der Waals surface area (Å²) in [4.78, 5) is 8.67. The Hall–Kier alpha value is -0.424. The van der Waals surface area contributed by atoms with Crippen molar-refractivity contribution < 1.29 is 26.7 Å². The first-order valence-electron chi connectivity index (χ1n) is 0.697. The van der Waals surface area contributed by atoms with Crippen LogP contribution in [0.2, 0.25) is 0 Å². The molecule has 0 heterocycles. The van der Waals surface area contributed by atoms with Gasteiger partial charge in [0.05, 0.1) is 0 Å². The Morgan fingerprint density at radius 3 is 1.00 bits per heavy atom. The Bertz CT molecular complexity index is 38.7. The molecule has 8 nitrogen and oxygen atoms in total. The molecule has 0 aliphatic heterocycles. The molecular formula is CH12CoN6O2-3. The summed E-state index contributed by atoms with van der Waals surface area (Å²) in [5, 5.41) is 8.67. The van der Waals surface area contributed by atoms with Gasteiger partial charge in [-0.05, 0) is 0 Å². The van der Waals surface area contributed by atoms with Crippen LogP contribution in [0.5, 0.6) is 0 Å². The molecule has 0 saturated heterocycles. The standard InChI is InChI=1S/CH3NO2.Co.5H2N/c2-1(3)4;;;;;;/h2H2,(H,3,4);;5*1H2/q;+3;5*-1/p-1. The van der Waals surface area contributed by atoms with Crippen molar-refractivity contribution in [3.63, 3.8) is 0 Å². The van der Waals surface area contributed by atoms with Gasteiger partial charge < -0.3 is 46.4 Å². The Morgan fingerprint density at radius 1 is 1.00 bits per heavy atom. The number of primary amides is 1. The fourth-order valence-corrected chi connectivity index (χ4v) is 0. The van der Waals surface area contributed by atoms with Crippen molar-refractivity contribution in [2.45, 2.75) is 0 Å². The van der Waals surface area contributed by atoms with E-state index in [1.165, 1.54) is 0 Å². The first-order valence-corrected chi connectivity index (χ1v) is 0.697. The Balaban J connectivity index is -0.00000000300. The third-order valence-corrected chi connectivity index (χ3v) is 0. The van der Waals surface area contributed by atoms with E-state index in [0.717, 1.165) is 0 Å². The average Bonchev–Trinajstić information content (AvgIpc) is 0.811. The quantitative estimate of drug-likeness (QED) is 0.614. The van der Waals surface area contributed by atoms with Crippen LogP contribution >= 0.6 is 0 Å². The Kier molecular flexibility index (Phi) is 787. The zero-order valence-corrected chi connectivity index (χ0v) is 6.15. The zero-order chi connectivity index (χ0) is 3.58. The molecule has 0 radical (unpaired) electrons. The van der Waals surface area contributed by atoms with E-state index in [9.17, 15) is 0 Å². The van der Waals surface area contributed by atoms with Gasteiger partial charge in [0.15, 0.2) is 0 Å². The van der Waals surface area contributed by atoms with Crippen LogP contribution in [-0.4, -0.2) is 6.09 Å². The van der Waals surface area contributed by atoms with E-state index in [0.29, 0.717) is 0 Å². The van der Waals surface area contributed by atoms with Crippen LogP contribution < -0.4 is 10.8 Å². The molecule has 0 fully saturated rings. The molecule has 0 bridgehead atoms. The number of carbonyl (C=O) groups is 1. The summed E-state index contributed by atoms with van der Waals surface area (Å²) >= 11 is 0. The number of carbonyl (C=O) groups excluding carboxylic acids is 1. The summed E-state index contributed by atoms with van der Waals surface area (Å²) in [6.07, 6.45) is -1.58. The SMILES string of the molecule is NC(=O)[O-].[Co+3].[NH2-].[NH2-].[NH2-].[NH2-].[NH2-]. The number of rotatable bonds is 0. The van der Waals surface area contributed by atoms with Gasteiger partial charge in [-0.1, -0.05) is 0 Å². The molecule has 70 valence electrons. The molecule has 0 rings (SSSR count). The largest absolute Gasteiger partial charge is 3.00 e. The minimum atomic E-state index is -1.58. The van der Waals surface area contributed by atoms with Gasteiger partial charge in [-0.2, -0.15) is 0 Å². The van der Waals surface area contributed by atoms with Crippen molar-refractivity contribution in [3.05, 3.63) is 30.8 Å². The summed E-state index contributed by atoms with van der Waals surface area (Å²) in [7, 11) is 0. The molecule has 0 aliphatic rings. The summed E-state index contributed by atoms with van der Waals surface area (Å²) in [5.74, 6) is 0. The van der Waals surface area contributed by atoms with E-state index in [-0.39, 0.29) is 47.5 Å². The third kappa shape index (κ3) is 1830. The van der Waals surface area contributed by atoms with Crippen molar-refractivity contribution >= 4 is 6.09 Å². The van der Waals surface area contributed by atoms with Gasteiger partial charge >= 0.3 is 16.8 Å². The fourth-order valence-electron chi connectivity index (χ4n) is 0. The van der Waals surface area contributed by atoms with Crippen LogP contribution in [0.1, 0.15) is 0 Å². The number of carboxylic acid groups (broad SMARTS) is 1. The number of amides is 1. The van der Waals surface area contributed by atoms with E-state index < -0.39 is 6.09 Å². The van der Waals surface area contributed by atoms with Crippen LogP contribution in [0.3, 0.4) is 0 Å². The summed E-state index contributed by atoms with van der Waals surface area (Å²) < 4.78 is 0. The fraction of sp³-hybridized carbons (Fsp3) is 0. The third-order valence-electron chi connectivity index (χ3n) is 0. The first kappa shape index (κ1) is 106. The maximum Gasteiger partial charge on any atom is 3.00 e. The van der Waals surface area contributed by atoms with E-state index in [2.05, 4.69) is 5.73 Å². The van der Waals surface area contributed by atoms with Gasteiger partial charge in [0.2, 0.25) is 0 Å². The Labute approximate surface area is 70.0 Å². The van der Waals surface area contributed by atoms with Gasteiger partial charge in [-0.3, -0.25) is 0 Å². The second-order valence-electron chi connectivity index (χ2n) is 0.319. The van der Waals surface area contributed by atoms with Crippen LogP contribution in [-0.2, 0) is 16.8 Å². The molecule has 0 aromatic carbocycles. The molecule has 1 amide bonds. The maximum atomic E-state index is 8.67. The number of hydrogen-bond donors (Lipinski definition) is 1. The minimum Gasteiger partial charge on any atom is -0.693 e. The van der Waals surface area contributed by atoms with E-state index in [1.807, 2.05) is 0 Å². The van der Waals surface area contributed by atoms with E-state index in [1.54, 1.807) is 0 Å².